The van der Waals surface area contributed by atoms with Crippen LogP contribution in [0.3, 0.4) is 0 Å². The number of ether oxygens (including phenoxy) is 2. The van der Waals surface area contributed by atoms with Gasteiger partial charge in [0, 0.05) is 6.08 Å². The van der Waals surface area contributed by atoms with Crippen molar-refractivity contribution in [2.75, 3.05) is 0 Å². The minimum absolute atomic E-state index is 0.122. The van der Waals surface area contributed by atoms with E-state index < -0.39 is 0 Å². The first-order valence-corrected chi connectivity index (χ1v) is 5.30. The van der Waals surface area contributed by atoms with E-state index in [0.29, 0.717) is 6.61 Å². The van der Waals surface area contributed by atoms with E-state index in [9.17, 15) is 4.79 Å². The van der Waals surface area contributed by atoms with E-state index in [1.807, 2.05) is 37.3 Å². The first kappa shape index (κ1) is 10.9. The Morgan fingerprint density at radius 2 is 2.12 bits per heavy atom. The van der Waals surface area contributed by atoms with Gasteiger partial charge in [-0.15, -0.1) is 0 Å². The fourth-order valence-electron chi connectivity index (χ4n) is 1.54. The predicted octanol–water partition coefficient (Wildman–Crippen LogP) is 2.07. The maximum absolute atomic E-state index is 10.9. The van der Waals surface area contributed by atoms with Gasteiger partial charge in [-0.25, -0.2) is 4.79 Å². The molecule has 0 N–H and O–H groups in total. The fraction of sp³-hybridized carbons (Fsp3) is 0.308. The van der Waals surface area contributed by atoms with Crippen LogP contribution in [0.2, 0.25) is 0 Å². The van der Waals surface area contributed by atoms with E-state index >= 15 is 0 Å². The smallest absolute Gasteiger partial charge is 0.331 e. The summed E-state index contributed by atoms with van der Waals surface area (Å²) in [4.78, 5) is 10.9. The molecule has 1 aliphatic heterocycles. The van der Waals surface area contributed by atoms with Crippen LogP contribution in [0.5, 0.6) is 0 Å². The molecular formula is C13H14O3. The van der Waals surface area contributed by atoms with Gasteiger partial charge in [-0.2, -0.15) is 0 Å². The first-order chi connectivity index (χ1) is 7.75. The first-order valence-electron chi connectivity index (χ1n) is 5.30. The minimum atomic E-state index is -0.292. The summed E-state index contributed by atoms with van der Waals surface area (Å²) in [7, 11) is 0. The van der Waals surface area contributed by atoms with Crippen molar-refractivity contribution in [3.8, 4) is 0 Å². The highest BCUT2D eigenvalue weighted by atomic mass is 16.6. The average Bonchev–Trinajstić information content (AvgIpc) is 2.74. The number of rotatable bonds is 4. The molecule has 0 bridgehead atoms. The number of hydrogen-bond acceptors (Lipinski definition) is 3. The van der Waals surface area contributed by atoms with Gasteiger partial charge in [0.05, 0.1) is 12.7 Å². The van der Waals surface area contributed by atoms with Gasteiger partial charge in [0.15, 0.2) is 0 Å². The summed E-state index contributed by atoms with van der Waals surface area (Å²) in [6, 6.07) is 9.92. The molecule has 0 saturated heterocycles. The lowest BCUT2D eigenvalue weighted by molar-refractivity contribution is -0.144. The monoisotopic (exact) mass is 218 g/mol. The third-order valence-electron chi connectivity index (χ3n) is 2.49. The Morgan fingerprint density at radius 1 is 1.38 bits per heavy atom. The van der Waals surface area contributed by atoms with Gasteiger partial charge >= 0.3 is 5.97 Å². The number of benzene rings is 1. The average molecular weight is 218 g/mol. The molecule has 0 unspecified atom stereocenters. The van der Waals surface area contributed by atoms with Crippen LogP contribution in [0, 0.1) is 0 Å². The number of carbonyl (C=O) groups excluding carboxylic acids is 1. The molecule has 2 rings (SSSR count). The second-order valence-electron chi connectivity index (χ2n) is 3.76. The van der Waals surface area contributed by atoms with Crippen LogP contribution in [0.4, 0.5) is 0 Å². The zero-order valence-corrected chi connectivity index (χ0v) is 9.13. The largest absolute Gasteiger partial charge is 0.452 e. The molecule has 84 valence electrons. The van der Waals surface area contributed by atoms with Crippen molar-refractivity contribution in [1.82, 2.24) is 0 Å². The van der Waals surface area contributed by atoms with Crippen molar-refractivity contribution in [3.05, 3.63) is 48.0 Å². The van der Waals surface area contributed by atoms with Crippen LogP contribution >= 0.6 is 0 Å². The maximum atomic E-state index is 10.9. The molecule has 1 aliphatic rings. The molecule has 0 radical (unpaired) electrons. The summed E-state index contributed by atoms with van der Waals surface area (Å²) >= 11 is 0. The highest BCUT2D eigenvalue weighted by Gasteiger charge is 2.23. The third-order valence-corrected chi connectivity index (χ3v) is 2.49. The number of hydrogen-bond donors (Lipinski definition) is 0. The zero-order valence-electron chi connectivity index (χ0n) is 9.13. The Labute approximate surface area is 94.7 Å². The fourth-order valence-corrected chi connectivity index (χ4v) is 1.54. The van der Waals surface area contributed by atoms with Crippen LogP contribution < -0.4 is 0 Å². The SMILES string of the molecule is C[C@@H](OCc1ccccc1)[C@@H]1C=CC(=O)O1. The molecule has 0 saturated carbocycles. The molecule has 0 spiro atoms. The lowest BCUT2D eigenvalue weighted by Gasteiger charge is -2.18. The lowest BCUT2D eigenvalue weighted by atomic mass is 10.2. The summed E-state index contributed by atoms with van der Waals surface area (Å²) in [6.45, 7) is 2.43. The van der Waals surface area contributed by atoms with E-state index in [0.717, 1.165) is 5.56 Å². The molecular weight excluding hydrogens is 204 g/mol. The molecule has 0 fully saturated rings. The molecule has 0 amide bonds. The van der Waals surface area contributed by atoms with Crippen molar-refractivity contribution in [3.63, 3.8) is 0 Å². The second kappa shape index (κ2) is 4.94. The molecule has 1 aromatic rings. The minimum Gasteiger partial charge on any atom is -0.452 e. The summed E-state index contributed by atoms with van der Waals surface area (Å²) < 4.78 is 10.7. The van der Waals surface area contributed by atoms with Gasteiger partial charge in [-0.05, 0) is 18.6 Å². The normalized spacial score (nSPS) is 20.8. The van der Waals surface area contributed by atoms with Crippen molar-refractivity contribution in [1.29, 1.82) is 0 Å². The molecule has 0 aromatic heterocycles. The van der Waals surface area contributed by atoms with Crippen molar-refractivity contribution in [2.24, 2.45) is 0 Å². The van der Waals surface area contributed by atoms with Gasteiger partial charge in [-0.3, -0.25) is 0 Å². The highest BCUT2D eigenvalue weighted by Crippen LogP contribution is 2.13. The van der Waals surface area contributed by atoms with Crippen molar-refractivity contribution < 1.29 is 14.3 Å². The zero-order chi connectivity index (χ0) is 11.4. The molecule has 3 heteroatoms. The molecule has 1 aromatic carbocycles. The Bertz CT molecular complexity index is 383. The maximum Gasteiger partial charge on any atom is 0.331 e. The summed E-state index contributed by atoms with van der Waals surface area (Å²) in [5, 5.41) is 0. The van der Waals surface area contributed by atoms with Gasteiger partial charge in [0.2, 0.25) is 0 Å². The quantitative estimate of drug-likeness (QED) is 0.726. The number of carbonyl (C=O) groups is 1. The molecule has 3 nitrogen and oxygen atoms in total. The standard InChI is InChI=1S/C13H14O3/c1-10(12-7-8-13(14)16-12)15-9-11-5-3-2-4-6-11/h2-8,10,12H,9H2,1H3/t10-,12+/m1/s1. The molecule has 16 heavy (non-hydrogen) atoms. The van der Waals surface area contributed by atoms with Crippen LogP contribution in [-0.2, 0) is 20.9 Å². The van der Waals surface area contributed by atoms with E-state index in [1.165, 1.54) is 6.08 Å². The summed E-state index contributed by atoms with van der Waals surface area (Å²) in [6.07, 6.45) is 2.80. The second-order valence-corrected chi connectivity index (χ2v) is 3.76. The van der Waals surface area contributed by atoms with E-state index in [2.05, 4.69) is 0 Å². The van der Waals surface area contributed by atoms with Crippen molar-refractivity contribution in [2.45, 2.75) is 25.7 Å². The Kier molecular flexibility index (Phi) is 3.37. The number of esters is 1. The van der Waals surface area contributed by atoms with Crippen LogP contribution in [-0.4, -0.2) is 18.2 Å². The highest BCUT2D eigenvalue weighted by molar-refractivity contribution is 5.84. The summed E-state index contributed by atoms with van der Waals surface area (Å²) in [5.74, 6) is -0.292. The van der Waals surface area contributed by atoms with Gasteiger partial charge in [0.25, 0.3) is 0 Å². The topological polar surface area (TPSA) is 35.5 Å². The third kappa shape index (κ3) is 2.70. The summed E-state index contributed by atoms with van der Waals surface area (Å²) in [5.41, 5.74) is 1.11. The lowest BCUT2D eigenvalue weighted by Crippen LogP contribution is -2.25. The van der Waals surface area contributed by atoms with Crippen LogP contribution in [0.1, 0.15) is 12.5 Å². The predicted molar refractivity (Wildman–Crippen MR) is 59.7 cm³/mol. The Morgan fingerprint density at radius 3 is 2.75 bits per heavy atom. The van der Waals surface area contributed by atoms with Gasteiger partial charge in [-0.1, -0.05) is 30.3 Å². The van der Waals surface area contributed by atoms with E-state index in [1.54, 1.807) is 6.08 Å². The van der Waals surface area contributed by atoms with Crippen molar-refractivity contribution >= 4 is 5.97 Å². The van der Waals surface area contributed by atoms with Gasteiger partial charge in [0.1, 0.15) is 6.10 Å². The molecule has 0 aliphatic carbocycles. The van der Waals surface area contributed by atoms with E-state index in [-0.39, 0.29) is 18.2 Å². The molecule has 1 heterocycles. The van der Waals surface area contributed by atoms with Crippen LogP contribution in [0.25, 0.3) is 0 Å². The molecule has 2 atom stereocenters. The van der Waals surface area contributed by atoms with Gasteiger partial charge < -0.3 is 9.47 Å². The number of cyclic esters (lactones) is 1. The van der Waals surface area contributed by atoms with E-state index in [4.69, 9.17) is 9.47 Å². The Balaban J connectivity index is 1.82. The van der Waals surface area contributed by atoms with Crippen LogP contribution in [0.15, 0.2) is 42.5 Å². The Hall–Kier alpha value is -1.61.